The Hall–Kier alpha value is -3.48. The van der Waals surface area contributed by atoms with Gasteiger partial charge in [-0.25, -0.2) is 73.3 Å². The minimum Gasteiger partial charge on any atom is -0.392 e. The summed E-state index contributed by atoms with van der Waals surface area (Å²) < 4.78 is 243. The van der Waals surface area contributed by atoms with E-state index in [-0.39, 0.29) is 50.0 Å². The molecule has 4 aromatic rings. The number of aromatic nitrogens is 8. The van der Waals surface area contributed by atoms with Crippen LogP contribution in [0.1, 0.15) is 55.3 Å². The lowest BCUT2D eigenvalue weighted by Crippen LogP contribution is -2.43. The number of aromatic amines is 4. The van der Waals surface area contributed by atoms with Gasteiger partial charge in [0.2, 0.25) is 0 Å². The van der Waals surface area contributed by atoms with Gasteiger partial charge in [0, 0.05) is 47.0 Å². The molecular weight excluding hydrogens is 1810 g/mol. The Morgan fingerprint density at radius 3 is 0.884 bits per heavy atom. The number of aliphatic hydroxyl groups is 12. The molecule has 0 spiro atoms. The molecule has 0 radical (unpaired) electrons. The molecule has 4 aromatic heterocycles. The first-order valence-corrected chi connectivity index (χ1v) is 41.6. The lowest BCUT2D eigenvalue weighted by molar-refractivity contribution is -0.205. The quantitative estimate of drug-likeness (QED) is 0.0143. The number of H-pyrrole nitrogens is 4. The average Bonchev–Trinajstić information content (AvgIpc) is 1.57. The predicted octanol–water partition coefficient (Wildman–Crippen LogP) is -5.84. The number of alkyl halides is 4. The number of phosphoric ester groups is 4. The summed E-state index contributed by atoms with van der Waals surface area (Å²) in [5, 5.41) is 117. The molecular formula is C40H60F4N8O48P8S4. The summed E-state index contributed by atoms with van der Waals surface area (Å²) in [5.41, 5.74) is -5.10. The van der Waals surface area contributed by atoms with Gasteiger partial charge in [-0.1, -0.05) is 48.9 Å². The molecule has 0 aromatic carbocycles. The number of nitrogens with one attached hydrogen (secondary N) is 4. The molecule has 4 saturated heterocycles. The Kier molecular flexibility index (Phi) is 29.9. The van der Waals surface area contributed by atoms with E-state index in [1.807, 2.05) is 9.97 Å². The second-order valence-corrected chi connectivity index (χ2v) is 34.1. The van der Waals surface area contributed by atoms with Gasteiger partial charge in [0.1, 0.15) is 93.7 Å². The highest BCUT2D eigenvalue weighted by Gasteiger charge is 2.62. The van der Waals surface area contributed by atoms with Gasteiger partial charge in [0.15, 0.2) is 24.9 Å². The molecule has 8 rings (SSSR count). The number of phosphoric acid groups is 8. The zero-order chi connectivity index (χ0) is 91.4. The summed E-state index contributed by atoms with van der Waals surface area (Å²) in [6, 6.07) is 0. The Morgan fingerprint density at radius 1 is 0.384 bits per heavy atom. The van der Waals surface area contributed by atoms with Crippen molar-refractivity contribution >= 4 is 111 Å². The number of hydrogen-bond donors (Lipinski definition) is 28. The third-order valence-corrected chi connectivity index (χ3v) is 22.9. The van der Waals surface area contributed by atoms with E-state index < -0.39 is 235 Å². The van der Waals surface area contributed by atoms with Gasteiger partial charge >= 0.3 is 85.3 Å². The van der Waals surface area contributed by atoms with Crippen molar-refractivity contribution in [3.63, 3.8) is 0 Å². The smallest absolute Gasteiger partial charge is 0.392 e. The van der Waals surface area contributed by atoms with E-state index in [0.29, 0.717) is 15.3 Å². The van der Waals surface area contributed by atoms with Crippen LogP contribution in [0.2, 0.25) is 0 Å². The minimum atomic E-state index is -6.05. The van der Waals surface area contributed by atoms with Crippen LogP contribution >= 0.6 is 111 Å². The summed E-state index contributed by atoms with van der Waals surface area (Å²) >= 11 is 19.0. The van der Waals surface area contributed by atoms with Crippen LogP contribution in [0.25, 0.3) is 0 Å². The summed E-state index contributed by atoms with van der Waals surface area (Å²) in [4.78, 5) is 161. The Morgan fingerprint density at radius 2 is 0.598 bits per heavy atom. The van der Waals surface area contributed by atoms with Crippen molar-refractivity contribution in [3.05, 3.63) is 108 Å². The fourth-order valence-electron chi connectivity index (χ4n) is 8.37. The molecule has 4 unspecified atom stereocenters. The first kappa shape index (κ1) is 89.3. The van der Waals surface area contributed by atoms with Crippen molar-refractivity contribution < 1.29 is 237 Å². The lowest BCUT2D eigenvalue weighted by Gasteiger charge is -2.24. The maximum Gasteiger partial charge on any atom is 0.481 e. The Bertz CT molecular complexity index is 5340. The third kappa shape index (κ3) is 26.3. The Balaban J connectivity index is 0.000000280. The lowest BCUT2D eigenvalue weighted by atomic mass is 10.1. The molecule has 0 amide bonds. The van der Waals surface area contributed by atoms with Crippen molar-refractivity contribution in [2.45, 2.75) is 124 Å². The molecule has 4 fully saturated rings. The second kappa shape index (κ2) is 37.4. The van der Waals surface area contributed by atoms with Crippen molar-refractivity contribution in [3.8, 4) is 0 Å². The predicted molar refractivity (Wildman–Crippen MR) is 347 cm³/mol. The fraction of sp³-hybridized carbons (Fsp3) is 0.600. The fourth-order valence-corrected chi connectivity index (χ4v) is 15.3. The summed E-state index contributed by atoms with van der Waals surface area (Å²) in [6.45, 7) is -14.7. The van der Waals surface area contributed by atoms with Gasteiger partial charge in [-0.15, -0.1) is 0 Å². The van der Waals surface area contributed by atoms with E-state index in [1.165, 1.54) is 0 Å². The maximum atomic E-state index is 15.3. The summed E-state index contributed by atoms with van der Waals surface area (Å²) in [5.74, 6) is -15.5. The van der Waals surface area contributed by atoms with Gasteiger partial charge in [-0.3, -0.25) is 56.3 Å². The van der Waals surface area contributed by atoms with Crippen LogP contribution in [0.5, 0.6) is 0 Å². The van der Waals surface area contributed by atoms with Crippen molar-refractivity contribution in [2.75, 3.05) is 26.3 Å². The zero-order valence-corrected chi connectivity index (χ0v) is 63.8. The van der Waals surface area contributed by atoms with Crippen LogP contribution < -0.4 is 22.8 Å². The first-order chi connectivity index (χ1) is 53.0. The van der Waals surface area contributed by atoms with Crippen LogP contribution in [-0.2, 0) is 117 Å². The van der Waals surface area contributed by atoms with E-state index >= 15 is 8.78 Å². The Labute approximate surface area is 641 Å². The number of aliphatic hydroxyl groups excluding tert-OH is 12. The molecule has 0 aliphatic carbocycles. The van der Waals surface area contributed by atoms with Crippen LogP contribution in [0.4, 0.5) is 17.6 Å². The minimum absolute atomic E-state index is 0.00222. The van der Waals surface area contributed by atoms with Crippen LogP contribution in [-0.4, -0.2) is 257 Å². The molecule has 20 atom stereocenters. The summed E-state index contributed by atoms with van der Waals surface area (Å²) in [7, 11) is -45.5. The number of nitrogens with zero attached hydrogens (tertiary/aromatic N) is 4. The van der Waals surface area contributed by atoms with Crippen LogP contribution in [0, 0.1) is 18.6 Å². The number of rotatable bonds is 28. The van der Waals surface area contributed by atoms with Gasteiger partial charge in [0.05, 0.1) is 34.7 Å². The van der Waals surface area contributed by atoms with Crippen molar-refractivity contribution in [1.29, 1.82) is 0 Å². The summed E-state index contributed by atoms with van der Waals surface area (Å²) in [6.07, 6.45) is -28.0. The highest BCUT2D eigenvalue weighted by atomic mass is 32.1. The first-order valence-electron chi connectivity index (χ1n) is 30.9. The largest absolute Gasteiger partial charge is 0.481 e. The van der Waals surface area contributed by atoms with Crippen LogP contribution in [0.3, 0.4) is 0 Å². The third-order valence-electron chi connectivity index (χ3n) is 13.2. The molecule has 0 saturated carbocycles. The van der Waals surface area contributed by atoms with E-state index in [2.05, 4.69) is 59.5 Å². The molecule has 72 heteroatoms. The second-order valence-electron chi connectivity index (χ2n) is 21.3. The number of ether oxygens (including phenoxy) is 4. The van der Waals surface area contributed by atoms with Gasteiger partial charge in [0.25, 0.3) is 23.4 Å². The molecule has 0 bridgehead atoms. The van der Waals surface area contributed by atoms with E-state index in [1.54, 1.807) is 0 Å². The van der Waals surface area contributed by atoms with E-state index in [9.17, 15) is 140 Å². The van der Waals surface area contributed by atoms with Gasteiger partial charge in [-0.2, -0.15) is 17.2 Å². The van der Waals surface area contributed by atoms with Gasteiger partial charge in [-0.05, 0) is 0 Å². The highest BCUT2D eigenvalue weighted by molar-refractivity contribution is 7.72. The molecule has 28 N–H and O–H groups in total. The highest BCUT2D eigenvalue weighted by Crippen LogP contribution is 2.62. The molecule has 8 heterocycles. The SMILES string of the molecule is O=c1[nH]c(=S)c(CO)cn1[C@@H]1O[C@](F)(COP(=O)(O)OP(=O)(O)O)[C@@H](O)[C@H]1O.[2H]C([2H])(OP(=O)(O)OP(=O)(O)O)[C@@]1(F)O[C@@H](n2cc(CO)c(=S)[nH]c2=O)[C@H](O)[C@@H]1O.[2H]C([2H])(OP(=O)(O)OP(=O)(O)O)[C@@]1(F)O[C@@]([2H])(n2cc(CO)c(=S)[nH]c2=O)[C@H](O)[C@@H]1O.[2H][C@@]1(n2cc(CO)c(=S)[nH]c2=O)O[C@](F)(COP(=O)(O)OP(=O)(O)O)[C@@H](O)[C@H]1O. The van der Waals surface area contributed by atoms with E-state index in [4.69, 9.17) is 106 Å². The monoisotopic (exact) mass is 1880 g/mol. The van der Waals surface area contributed by atoms with Crippen molar-refractivity contribution in [1.82, 2.24) is 38.2 Å². The van der Waals surface area contributed by atoms with E-state index in [0.717, 1.165) is 18.6 Å². The average molecular weight is 1880 g/mol. The topological polar surface area (TPSA) is 884 Å². The maximum absolute atomic E-state index is 15.3. The molecule has 56 nitrogen and oxygen atoms in total. The standard InChI is InChI=1S/4C10H15FN2O12P2S/c4*11-10(3-23-27(21,22)25-26(18,19)20)6(16)5(15)8(24-10)13-1-4(2-14)7(28)12-9(13)17/h4*1,5-6,8,14-16H,2-3H2,(H,21,22)(H,12,17,28)(H2,18,19,20)/t4*5-,6+,8-,10-/m1111/s1/i3D2,8D;8D;3D2;. The molecule has 640 valence electrons. The molecule has 4 aliphatic heterocycles. The number of halogens is 4. The molecule has 4 aliphatic rings. The van der Waals surface area contributed by atoms with Crippen LogP contribution in [0.15, 0.2) is 44.0 Å². The normalized spacial score (nSPS) is 32.7. The number of hydrogen-bond acceptors (Lipinski definition) is 40. The zero-order valence-electron chi connectivity index (χ0n) is 59.4. The van der Waals surface area contributed by atoms with Gasteiger partial charge < -0.3 is 139 Å². The molecule has 112 heavy (non-hydrogen) atoms. The van der Waals surface area contributed by atoms with Crippen molar-refractivity contribution in [2.24, 2.45) is 0 Å².